The lowest BCUT2D eigenvalue weighted by Gasteiger charge is -2.24. The number of phosphoric acid groups is 1. The van der Waals surface area contributed by atoms with Crippen LogP contribution in [0, 0.1) is 0 Å². The third kappa shape index (κ3) is 4.27. The minimum absolute atomic E-state index is 0.0103. The molecular formula is C20H21O7PS. The van der Waals surface area contributed by atoms with Gasteiger partial charge in [0.15, 0.2) is 5.78 Å². The Morgan fingerprint density at radius 2 is 1.45 bits per heavy atom. The largest absolute Gasteiger partial charge is 0.475 e. The SMILES string of the molecule is CCOP(=O)(OCC)OCC1=C(c2ccccc2)C(=O)c2ccccc2S1(=O)=O. The van der Waals surface area contributed by atoms with Crippen molar-refractivity contribution in [2.24, 2.45) is 0 Å². The lowest BCUT2D eigenvalue weighted by atomic mass is 9.96. The van der Waals surface area contributed by atoms with Crippen molar-refractivity contribution in [2.75, 3.05) is 19.8 Å². The molecule has 1 aliphatic rings. The van der Waals surface area contributed by atoms with Gasteiger partial charge in [-0.05, 0) is 31.5 Å². The van der Waals surface area contributed by atoms with E-state index in [1.807, 2.05) is 0 Å². The molecule has 0 bridgehead atoms. The Hall–Kier alpha value is -2.09. The molecular weight excluding hydrogens is 415 g/mol. The van der Waals surface area contributed by atoms with Gasteiger partial charge >= 0.3 is 7.82 Å². The van der Waals surface area contributed by atoms with Gasteiger partial charge in [0.2, 0.25) is 9.84 Å². The first-order chi connectivity index (χ1) is 13.8. The van der Waals surface area contributed by atoms with Crippen LogP contribution >= 0.6 is 7.82 Å². The Balaban J connectivity index is 2.15. The molecule has 0 N–H and O–H groups in total. The number of ketones is 1. The number of carbonyl (C=O) groups excluding carboxylic acids is 1. The van der Waals surface area contributed by atoms with Crippen molar-refractivity contribution in [1.29, 1.82) is 0 Å². The van der Waals surface area contributed by atoms with Crippen molar-refractivity contribution in [1.82, 2.24) is 0 Å². The summed E-state index contributed by atoms with van der Waals surface area (Å²) in [7, 11) is -8.04. The summed E-state index contributed by atoms with van der Waals surface area (Å²) in [5, 5.41) is 0. The van der Waals surface area contributed by atoms with Gasteiger partial charge in [0.25, 0.3) is 0 Å². The highest BCUT2D eigenvalue weighted by molar-refractivity contribution is 7.95. The second-order valence-corrected chi connectivity index (χ2v) is 9.66. The Morgan fingerprint density at radius 3 is 2.07 bits per heavy atom. The van der Waals surface area contributed by atoms with Crippen molar-refractivity contribution in [3.8, 4) is 0 Å². The maximum atomic E-state index is 13.3. The third-order valence-electron chi connectivity index (χ3n) is 4.24. The topological polar surface area (TPSA) is 96.0 Å². The monoisotopic (exact) mass is 436 g/mol. The van der Waals surface area contributed by atoms with E-state index in [9.17, 15) is 17.8 Å². The summed E-state index contributed by atoms with van der Waals surface area (Å²) in [6, 6.07) is 14.4. The van der Waals surface area contributed by atoms with E-state index in [-0.39, 0.29) is 34.2 Å². The fourth-order valence-corrected chi connectivity index (χ4v) is 5.93. The van der Waals surface area contributed by atoms with Gasteiger partial charge in [-0.25, -0.2) is 13.0 Å². The summed E-state index contributed by atoms with van der Waals surface area (Å²) in [6.45, 7) is 2.71. The Kier molecular flexibility index (Phi) is 6.51. The number of hydrogen-bond donors (Lipinski definition) is 0. The van der Waals surface area contributed by atoms with Crippen LogP contribution in [0.1, 0.15) is 29.8 Å². The van der Waals surface area contributed by atoms with Gasteiger partial charge in [-0.15, -0.1) is 0 Å². The fraction of sp³-hybridized carbons (Fsp3) is 0.250. The van der Waals surface area contributed by atoms with Gasteiger partial charge < -0.3 is 0 Å². The van der Waals surface area contributed by atoms with Gasteiger partial charge in [0.05, 0.1) is 29.6 Å². The van der Waals surface area contributed by atoms with Crippen LogP contribution in [-0.2, 0) is 28.0 Å². The van der Waals surface area contributed by atoms with E-state index in [1.165, 1.54) is 12.1 Å². The summed E-state index contributed by atoms with van der Waals surface area (Å²) in [5.74, 6) is -0.442. The van der Waals surface area contributed by atoms with Gasteiger partial charge in [-0.1, -0.05) is 42.5 Å². The highest BCUT2D eigenvalue weighted by Gasteiger charge is 2.39. The van der Waals surface area contributed by atoms with E-state index in [4.69, 9.17) is 13.6 Å². The van der Waals surface area contributed by atoms with Gasteiger partial charge in [0, 0.05) is 11.1 Å². The Bertz CT molecular complexity index is 1080. The minimum atomic E-state index is -4.06. The number of Topliss-reactive ketones (excluding diaryl/α,β-unsaturated/α-hetero) is 1. The van der Waals surface area contributed by atoms with E-state index < -0.39 is 30.1 Å². The van der Waals surface area contributed by atoms with Crippen LogP contribution in [0.2, 0.25) is 0 Å². The molecule has 3 rings (SSSR count). The first-order valence-corrected chi connectivity index (χ1v) is 12.0. The molecule has 0 fully saturated rings. The number of hydrogen-bond acceptors (Lipinski definition) is 7. The zero-order valence-electron chi connectivity index (χ0n) is 16.0. The minimum Gasteiger partial charge on any atom is -0.289 e. The predicted octanol–water partition coefficient (Wildman–Crippen LogP) is 4.27. The maximum Gasteiger partial charge on any atom is 0.475 e. The van der Waals surface area contributed by atoms with E-state index >= 15 is 0 Å². The molecule has 29 heavy (non-hydrogen) atoms. The van der Waals surface area contributed by atoms with Gasteiger partial charge in [-0.2, -0.15) is 0 Å². The lowest BCUT2D eigenvalue weighted by molar-refractivity contribution is 0.104. The molecule has 0 saturated heterocycles. The molecule has 0 aromatic heterocycles. The van der Waals surface area contributed by atoms with Crippen molar-refractivity contribution < 1.29 is 31.3 Å². The average Bonchev–Trinajstić information content (AvgIpc) is 2.71. The molecule has 2 aromatic rings. The molecule has 2 aromatic carbocycles. The number of fused-ring (bicyclic) bond motifs is 1. The Labute approximate surface area is 169 Å². The van der Waals surface area contributed by atoms with Crippen LogP contribution < -0.4 is 0 Å². The maximum absolute atomic E-state index is 13.3. The van der Waals surface area contributed by atoms with E-state index in [1.54, 1.807) is 56.3 Å². The van der Waals surface area contributed by atoms with Crippen LogP contribution in [0.3, 0.4) is 0 Å². The third-order valence-corrected chi connectivity index (χ3v) is 7.74. The highest BCUT2D eigenvalue weighted by Crippen LogP contribution is 2.50. The van der Waals surface area contributed by atoms with E-state index in [0.717, 1.165) is 0 Å². The summed E-state index contributed by atoms with van der Waals surface area (Å²) < 4.78 is 54.8. The second-order valence-electron chi connectivity index (χ2n) is 6.05. The number of phosphoric ester groups is 1. The van der Waals surface area contributed by atoms with Crippen LogP contribution in [0.4, 0.5) is 0 Å². The number of benzene rings is 2. The summed E-state index contributed by atoms with van der Waals surface area (Å²) >= 11 is 0. The van der Waals surface area contributed by atoms with Gasteiger partial charge in [0.1, 0.15) is 0 Å². The molecule has 0 spiro atoms. The second kappa shape index (κ2) is 8.73. The predicted molar refractivity (Wildman–Crippen MR) is 108 cm³/mol. The van der Waals surface area contributed by atoms with Crippen LogP contribution in [0.15, 0.2) is 64.4 Å². The van der Waals surface area contributed by atoms with Crippen LogP contribution in [-0.4, -0.2) is 34.0 Å². The average molecular weight is 436 g/mol. The Morgan fingerprint density at radius 1 is 0.862 bits per heavy atom. The molecule has 0 unspecified atom stereocenters. The normalized spacial score (nSPS) is 16.0. The molecule has 0 saturated carbocycles. The van der Waals surface area contributed by atoms with Crippen LogP contribution in [0.5, 0.6) is 0 Å². The zero-order chi connectivity index (χ0) is 21.1. The summed E-state index contributed by atoms with van der Waals surface area (Å²) in [4.78, 5) is 12.8. The summed E-state index contributed by atoms with van der Waals surface area (Å²) in [5.41, 5.74) is 0.508. The number of allylic oxidation sites excluding steroid dienone is 1. The number of carbonyl (C=O) groups is 1. The number of sulfone groups is 1. The standard InChI is InChI=1S/C20H21O7PS/c1-3-25-28(22,26-4-2)27-14-18-19(15-10-6-5-7-11-15)20(21)16-12-8-9-13-17(16)29(18,23)24/h5-13H,3-4,14H2,1-2H3. The fourth-order valence-electron chi connectivity index (χ4n) is 3.03. The van der Waals surface area contributed by atoms with Gasteiger partial charge in [-0.3, -0.25) is 18.4 Å². The van der Waals surface area contributed by atoms with Crippen LogP contribution in [0.25, 0.3) is 5.57 Å². The first-order valence-electron chi connectivity index (χ1n) is 9.05. The zero-order valence-corrected chi connectivity index (χ0v) is 17.7. The van der Waals surface area contributed by atoms with E-state index in [2.05, 4.69) is 0 Å². The molecule has 7 nitrogen and oxygen atoms in total. The number of rotatable bonds is 8. The molecule has 1 heterocycles. The lowest BCUT2D eigenvalue weighted by Crippen LogP contribution is -2.24. The molecule has 1 aliphatic heterocycles. The van der Waals surface area contributed by atoms with Crippen molar-refractivity contribution in [2.45, 2.75) is 18.7 Å². The smallest absolute Gasteiger partial charge is 0.289 e. The summed E-state index contributed by atoms with van der Waals surface area (Å²) in [6.07, 6.45) is 0. The van der Waals surface area contributed by atoms with E-state index in [0.29, 0.717) is 5.56 Å². The molecule has 0 radical (unpaired) electrons. The van der Waals surface area contributed by atoms with Crippen molar-refractivity contribution >= 4 is 29.0 Å². The molecule has 0 aliphatic carbocycles. The quantitative estimate of drug-likeness (QED) is 0.570. The molecule has 0 atom stereocenters. The molecule has 154 valence electrons. The van der Waals surface area contributed by atoms with Crippen molar-refractivity contribution in [3.05, 3.63) is 70.6 Å². The first kappa shape index (κ1) is 21.6. The molecule has 9 heteroatoms. The highest BCUT2D eigenvalue weighted by atomic mass is 32.2. The molecule has 0 amide bonds. The van der Waals surface area contributed by atoms with Crippen molar-refractivity contribution in [3.63, 3.8) is 0 Å².